The predicted molar refractivity (Wildman–Crippen MR) is 63.9 cm³/mol. The van der Waals surface area contributed by atoms with Gasteiger partial charge in [-0.05, 0) is 17.6 Å². The first kappa shape index (κ1) is 12.3. The third kappa shape index (κ3) is 2.76. The zero-order chi connectivity index (χ0) is 13.1. The summed E-state index contributed by atoms with van der Waals surface area (Å²) in [5.74, 6) is -1.30. The van der Waals surface area contributed by atoms with Crippen LogP contribution in [0.2, 0.25) is 0 Å². The number of carbonyl (C=O) groups is 2. The summed E-state index contributed by atoms with van der Waals surface area (Å²) in [4.78, 5) is 21.9. The topological polar surface area (TPSA) is 95.9 Å². The highest BCUT2D eigenvalue weighted by Gasteiger charge is 2.22. The van der Waals surface area contributed by atoms with Crippen molar-refractivity contribution in [2.75, 3.05) is 11.9 Å². The quantitative estimate of drug-likeness (QED) is 0.351. The van der Waals surface area contributed by atoms with Gasteiger partial charge < -0.3 is 20.1 Å². The van der Waals surface area contributed by atoms with Gasteiger partial charge in [-0.2, -0.15) is 0 Å². The Morgan fingerprint density at radius 3 is 2.33 bits per heavy atom. The zero-order valence-corrected chi connectivity index (χ0v) is 9.29. The van der Waals surface area contributed by atoms with Gasteiger partial charge in [-0.1, -0.05) is 12.1 Å². The smallest absolute Gasteiger partial charge is 0.423 e. The third-order valence-electron chi connectivity index (χ3n) is 2.44. The van der Waals surface area contributed by atoms with Gasteiger partial charge >= 0.3 is 19.1 Å². The molecule has 1 aromatic rings. The Balaban J connectivity index is 1.96. The van der Waals surface area contributed by atoms with Crippen LogP contribution in [0.3, 0.4) is 0 Å². The molecule has 18 heavy (non-hydrogen) atoms. The lowest BCUT2D eigenvalue weighted by Gasteiger charge is -2.06. The number of esters is 2. The number of hydrogen-bond acceptors (Lipinski definition) is 6. The molecule has 0 atom stereocenters. The van der Waals surface area contributed by atoms with E-state index in [2.05, 4.69) is 10.1 Å². The number of cyclic esters (lactones) is 2. The fourth-order valence-electron chi connectivity index (χ4n) is 1.48. The Morgan fingerprint density at radius 2 is 1.83 bits per heavy atom. The van der Waals surface area contributed by atoms with Crippen molar-refractivity contribution in [3.63, 3.8) is 0 Å². The van der Waals surface area contributed by atoms with Crippen LogP contribution >= 0.6 is 0 Å². The van der Waals surface area contributed by atoms with Gasteiger partial charge in [0.25, 0.3) is 0 Å². The second-order valence-electron chi connectivity index (χ2n) is 3.73. The molecule has 1 aliphatic rings. The van der Waals surface area contributed by atoms with Crippen molar-refractivity contribution in [2.24, 2.45) is 0 Å². The van der Waals surface area contributed by atoms with E-state index in [1.54, 1.807) is 24.3 Å². The van der Waals surface area contributed by atoms with Gasteiger partial charge in [-0.25, -0.2) is 9.59 Å². The molecule has 0 amide bonds. The van der Waals surface area contributed by atoms with Crippen LogP contribution in [0.1, 0.15) is 0 Å². The van der Waals surface area contributed by atoms with Crippen LogP contribution in [0.5, 0.6) is 0 Å². The van der Waals surface area contributed by atoms with Crippen LogP contribution in [0, 0.1) is 0 Å². The number of carbonyl (C=O) groups excluding carboxylic acids is 2. The van der Waals surface area contributed by atoms with E-state index in [0.29, 0.717) is 11.2 Å². The highest BCUT2D eigenvalue weighted by atomic mass is 16.6. The van der Waals surface area contributed by atoms with Crippen molar-refractivity contribution in [1.82, 2.24) is 0 Å². The van der Waals surface area contributed by atoms with E-state index in [1.807, 2.05) is 0 Å². The molecule has 0 aromatic heterocycles. The maximum Gasteiger partial charge on any atom is 0.488 e. The summed E-state index contributed by atoms with van der Waals surface area (Å²) in [6, 6.07) is 6.36. The minimum Gasteiger partial charge on any atom is -0.423 e. The largest absolute Gasteiger partial charge is 0.488 e. The number of ether oxygens (including phenoxy) is 1. The van der Waals surface area contributed by atoms with Crippen molar-refractivity contribution < 1.29 is 24.4 Å². The average Bonchev–Trinajstić information content (AvgIpc) is 2.66. The van der Waals surface area contributed by atoms with Gasteiger partial charge in [-0.15, -0.1) is 0 Å². The maximum atomic E-state index is 11.1. The minimum atomic E-state index is -1.51. The molecule has 0 spiro atoms. The predicted octanol–water partition coefficient (Wildman–Crippen LogP) is -1.21. The summed E-state index contributed by atoms with van der Waals surface area (Å²) in [6.45, 7) is 0.172. The number of hydrogen-bond donors (Lipinski definition) is 3. The summed E-state index contributed by atoms with van der Waals surface area (Å²) in [7, 11) is -1.51. The fourth-order valence-corrected chi connectivity index (χ4v) is 1.48. The molecule has 0 unspecified atom stereocenters. The second kappa shape index (κ2) is 5.03. The van der Waals surface area contributed by atoms with Crippen molar-refractivity contribution in [3.05, 3.63) is 35.9 Å². The van der Waals surface area contributed by atoms with Gasteiger partial charge in [0.2, 0.25) is 0 Å². The second-order valence-corrected chi connectivity index (χ2v) is 3.73. The number of rotatable bonds is 4. The summed E-state index contributed by atoms with van der Waals surface area (Å²) in [5, 5.41) is 20.7. The van der Waals surface area contributed by atoms with E-state index >= 15 is 0 Å². The summed E-state index contributed by atoms with van der Waals surface area (Å²) in [6.07, 6.45) is 1.14. The molecule has 6 nitrogen and oxygen atoms in total. The van der Waals surface area contributed by atoms with E-state index in [1.165, 1.54) is 0 Å². The molecule has 0 saturated carbocycles. The standard InChI is InChI=1S/C11H10BNO5/c14-10-5-7(11(15)18-10)6-13-9-3-1-8(2-4-9)12(16)17/h1-5,13,16-17H,6H2. The zero-order valence-electron chi connectivity index (χ0n) is 9.29. The lowest BCUT2D eigenvalue weighted by atomic mass is 9.80. The van der Waals surface area contributed by atoms with Gasteiger partial charge in [0.15, 0.2) is 0 Å². The molecule has 92 valence electrons. The Labute approximate surface area is 103 Å². The first-order valence-electron chi connectivity index (χ1n) is 5.23. The third-order valence-corrected chi connectivity index (χ3v) is 2.44. The molecule has 3 N–H and O–H groups in total. The van der Waals surface area contributed by atoms with Crippen LogP contribution in [0.4, 0.5) is 5.69 Å². The molecule has 1 heterocycles. The number of benzene rings is 1. The van der Waals surface area contributed by atoms with Crippen LogP contribution < -0.4 is 10.8 Å². The molecule has 0 saturated heterocycles. The van der Waals surface area contributed by atoms with Crippen LogP contribution in [-0.4, -0.2) is 35.6 Å². The minimum absolute atomic E-state index is 0.172. The number of nitrogens with one attached hydrogen (secondary N) is 1. The van der Waals surface area contributed by atoms with Crippen molar-refractivity contribution in [1.29, 1.82) is 0 Å². The van der Waals surface area contributed by atoms with E-state index in [4.69, 9.17) is 10.0 Å². The van der Waals surface area contributed by atoms with Gasteiger partial charge in [-0.3, -0.25) is 0 Å². The molecule has 0 aliphatic carbocycles. The first-order chi connectivity index (χ1) is 8.56. The van der Waals surface area contributed by atoms with Crippen LogP contribution in [0.15, 0.2) is 35.9 Å². The molecule has 2 rings (SSSR count). The molecular formula is C11H10BNO5. The normalized spacial score (nSPS) is 14.2. The van der Waals surface area contributed by atoms with Crippen molar-refractivity contribution >= 4 is 30.2 Å². The van der Waals surface area contributed by atoms with E-state index in [-0.39, 0.29) is 12.1 Å². The Kier molecular flexibility index (Phi) is 3.45. The van der Waals surface area contributed by atoms with Crippen molar-refractivity contribution in [3.8, 4) is 0 Å². The first-order valence-corrected chi connectivity index (χ1v) is 5.23. The molecule has 0 fully saturated rings. The van der Waals surface area contributed by atoms with Crippen LogP contribution in [-0.2, 0) is 14.3 Å². The monoisotopic (exact) mass is 247 g/mol. The SMILES string of the molecule is O=C1C=C(CNc2ccc(B(O)O)cc2)C(=O)O1. The molecular weight excluding hydrogens is 237 g/mol. The summed E-state index contributed by atoms with van der Waals surface area (Å²) >= 11 is 0. The molecule has 1 aliphatic heterocycles. The van der Waals surface area contributed by atoms with Gasteiger partial charge in [0.05, 0.1) is 5.57 Å². The highest BCUT2D eigenvalue weighted by Crippen LogP contribution is 2.10. The Morgan fingerprint density at radius 1 is 1.17 bits per heavy atom. The maximum absolute atomic E-state index is 11.1. The fraction of sp³-hybridized carbons (Fsp3) is 0.0909. The van der Waals surface area contributed by atoms with E-state index in [0.717, 1.165) is 6.08 Å². The van der Waals surface area contributed by atoms with Crippen LogP contribution in [0.25, 0.3) is 0 Å². The lowest BCUT2D eigenvalue weighted by Crippen LogP contribution is -2.29. The average molecular weight is 247 g/mol. The van der Waals surface area contributed by atoms with Crippen molar-refractivity contribution in [2.45, 2.75) is 0 Å². The van der Waals surface area contributed by atoms with Gasteiger partial charge in [0.1, 0.15) is 0 Å². The summed E-state index contributed by atoms with van der Waals surface area (Å²) < 4.78 is 4.34. The molecule has 0 bridgehead atoms. The Bertz CT molecular complexity index is 509. The van der Waals surface area contributed by atoms with E-state index in [9.17, 15) is 9.59 Å². The Hall–Kier alpha value is -2.12. The van der Waals surface area contributed by atoms with Gasteiger partial charge in [0, 0.05) is 18.3 Å². The molecule has 0 radical (unpaired) electrons. The number of anilines is 1. The highest BCUT2D eigenvalue weighted by molar-refractivity contribution is 6.58. The molecule has 1 aromatic carbocycles. The lowest BCUT2D eigenvalue weighted by molar-refractivity contribution is -0.150. The van der Waals surface area contributed by atoms with E-state index < -0.39 is 19.1 Å². The molecule has 7 heteroatoms. The summed E-state index contributed by atoms with van der Waals surface area (Å²) in [5.41, 5.74) is 1.31.